The maximum absolute atomic E-state index is 12.7. The Morgan fingerprint density at radius 2 is 2.35 bits per heavy atom. The monoisotopic (exact) mass is 242 g/mol. The molecule has 0 atom stereocenters. The summed E-state index contributed by atoms with van der Waals surface area (Å²) in [5, 5.41) is 0. The van der Waals surface area contributed by atoms with Crippen molar-refractivity contribution >= 4 is 11.9 Å². The van der Waals surface area contributed by atoms with Crippen LogP contribution in [0.25, 0.3) is 0 Å². The van der Waals surface area contributed by atoms with E-state index in [-0.39, 0.29) is 11.8 Å². The standard InChI is InChI=1S/C9H11FN4O3/c1-3-5(2)16-9(15)14-17-8-12-4-6(10)7(11)13-8/h3-4H,1-2H3,(H,14,15)(H2,11,12,13)/b5-3+. The van der Waals surface area contributed by atoms with E-state index in [2.05, 4.69) is 14.8 Å². The molecule has 0 aliphatic rings. The molecule has 1 aromatic heterocycles. The van der Waals surface area contributed by atoms with Crippen LogP contribution in [0.2, 0.25) is 0 Å². The van der Waals surface area contributed by atoms with Gasteiger partial charge in [-0.2, -0.15) is 9.97 Å². The van der Waals surface area contributed by atoms with E-state index in [1.54, 1.807) is 19.9 Å². The van der Waals surface area contributed by atoms with Crippen molar-refractivity contribution in [1.29, 1.82) is 0 Å². The summed E-state index contributed by atoms with van der Waals surface area (Å²) in [5.41, 5.74) is 7.08. The van der Waals surface area contributed by atoms with Gasteiger partial charge in [-0.25, -0.2) is 9.18 Å². The van der Waals surface area contributed by atoms with E-state index in [1.807, 2.05) is 5.48 Å². The largest absolute Gasteiger partial charge is 0.445 e. The number of nitrogens with zero attached hydrogens (tertiary/aromatic N) is 2. The molecule has 0 bridgehead atoms. The topological polar surface area (TPSA) is 99.4 Å². The highest BCUT2D eigenvalue weighted by molar-refractivity contribution is 5.67. The predicted octanol–water partition coefficient (Wildman–Crippen LogP) is 1.14. The second kappa shape index (κ2) is 5.64. The SMILES string of the molecule is C/C=C(\C)OC(=O)NOc1ncc(F)c(N)n1. The van der Waals surface area contributed by atoms with E-state index in [1.165, 1.54) is 0 Å². The number of hydrogen-bond acceptors (Lipinski definition) is 6. The number of carbonyl (C=O) groups is 1. The number of hydroxylamine groups is 1. The minimum Gasteiger partial charge on any atom is -0.413 e. The molecule has 1 rings (SSSR count). The molecule has 0 aromatic carbocycles. The number of halogens is 1. The summed E-state index contributed by atoms with van der Waals surface area (Å²) in [4.78, 5) is 22.6. The van der Waals surface area contributed by atoms with Gasteiger partial charge in [0, 0.05) is 0 Å². The van der Waals surface area contributed by atoms with Gasteiger partial charge in [-0.05, 0) is 19.9 Å². The van der Waals surface area contributed by atoms with Gasteiger partial charge >= 0.3 is 12.1 Å². The smallest absolute Gasteiger partial charge is 0.413 e. The molecule has 0 saturated carbocycles. The molecule has 1 aromatic rings. The first kappa shape index (κ1) is 12.7. The van der Waals surface area contributed by atoms with E-state index in [0.29, 0.717) is 5.76 Å². The van der Waals surface area contributed by atoms with Crippen molar-refractivity contribution in [1.82, 2.24) is 15.4 Å². The number of carbonyl (C=O) groups excluding carboxylic acids is 1. The summed E-state index contributed by atoms with van der Waals surface area (Å²) in [6.45, 7) is 3.29. The average molecular weight is 242 g/mol. The lowest BCUT2D eigenvalue weighted by atomic mass is 10.5. The van der Waals surface area contributed by atoms with Crippen molar-refractivity contribution in [3.63, 3.8) is 0 Å². The van der Waals surface area contributed by atoms with Gasteiger partial charge in [0.1, 0.15) is 5.76 Å². The third-order valence-corrected chi connectivity index (χ3v) is 1.63. The van der Waals surface area contributed by atoms with Crippen molar-refractivity contribution in [2.45, 2.75) is 13.8 Å². The summed E-state index contributed by atoms with van der Waals surface area (Å²) < 4.78 is 17.4. The van der Waals surface area contributed by atoms with Crippen LogP contribution in [-0.2, 0) is 4.74 Å². The highest BCUT2D eigenvalue weighted by Gasteiger charge is 2.07. The van der Waals surface area contributed by atoms with E-state index in [9.17, 15) is 9.18 Å². The lowest BCUT2D eigenvalue weighted by Crippen LogP contribution is -2.28. The Morgan fingerprint density at radius 3 is 2.94 bits per heavy atom. The molecule has 3 N–H and O–H groups in total. The highest BCUT2D eigenvalue weighted by atomic mass is 19.1. The van der Waals surface area contributed by atoms with Crippen LogP contribution in [0.15, 0.2) is 18.0 Å². The van der Waals surface area contributed by atoms with Gasteiger partial charge in [0.2, 0.25) is 0 Å². The fourth-order valence-electron chi connectivity index (χ4n) is 0.726. The summed E-state index contributed by atoms with van der Waals surface area (Å²) in [5.74, 6) is -0.759. The van der Waals surface area contributed by atoms with Gasteiger partial charge in [0.15, 0.2) is 11.6 Å². The van der Waals surface area contributed by atoms with Gasteiger partial charge in [-0.15, -0.1) is 5.48 Å². The number of aromatic nitrogens is 2. The Labute approximate surface area is 96.4 Å². The minimum atomic E-state index is -0.855. The number of anilines is 1. The molecule has 0 saturated heterocycles. The van der Waals surface area contributed by atoms with Crippen LogP contribution in [0.4, 0.5) is 15.0 Å². The fourth-order valence-corrected chi connectivity index (χ4v) is 0.726. The van der Waals surface area contributed by atoms with Crippen LogP contribution in [0.5, 0.6) is 6.01 Å². The molecule has 17 heavy (non-hydrogen) atoms. The third kappa shape index (κ3) is 3.93. The Morgan fingerprint density at radius 1 is 1.65 bits per heavy atom. The molecule has 0 fully saturated rings. The molecule has 8 heteroatoms. The highest BCUT2D eigenvalue weighted by Crippen LogP contribution is 2.08. The molecular weight excluding hydrogens is 231 g/mol. The molecule has 1 amide bonds. The zero-order chi connectivity index (χ0) is 12.8. The molecule has 92 valence electrons. The van der Waals surface area contributed by atoms with Crippen LogP contribution in [0, 0.1) is 5.82 Å². The first-order chi connectivity index (χ1) is 8.02. The predicted molar refractivity (Wildman–Crippen MR) is 56.1 cm³/mol. The van der Waals surface area contributed by atoms with Crippen molar-refractivity contribution in [2.75, 3.05) is 5.73 Å². The van der Waals surface area contributed by atoms with Crippen molar-refractivity contribution in [3.8, 4) is 6.01 Å². The van der Waals surface area contributed by atoms with Gasteiger partial charge < -0.3 is 15.3 Å². The van der Waals surface area contributed by atoms with Gasteiger partial charge in [-0.3, -0.25) is 0 Å². The number of nitrogens with one attached hydrogen (secondary N) is 1. The number of amides is 1. The van der Waals surface area contributed by atoms with Crippen molar-refractivity contribution in [2.24, 2.45) is 0 Å². The lowest BCUT2D eigenvalue weighted by molar-refractivity contribution is 0.116. The Hall–Kier alpha value is -2.38. The summed E-state index contributed by atoms with van der Waals surface area (Å²) in [6, 6.07) is -0.293. The number of allylic oxidation sites excluding steroid dienone is 2. The molecule has 0 aliphatic heterocycles. The van der Waals surface area contributed by atoms with E-state index in [0.717, 1.165) is 6.20 Å². The molecule has 0 aliphatic carbocycles. The number of nitrogens with two attached hydrogens (primary N) is 1. The summed E-state index contributed by atoms with van der Waals surface area (Å²) in [6.07, 6.45) is 1.56. The maximum Gasteiger partial charge on any atom is 0.445 e. The van der Waals surface area contributed by atoms with Gasteiger partial charge in [0.05, 0.1) is 6.20 Å². The number of ether oxygens (including phenoxy) is 1. The van der Waals surface area contributed by atoms with Crippen LogP contribution >= 0.6 is 0 Å². The minimum absolute atomic E-state index is 0.293. The molecule has 1 heterocycles. The summed E-state index contributed by atoms with van der Waals surface area (Å²) >= 11 is 0. The van der Waals surface area contributed by atoms with E-state index >= 15 is 0 Å². The number of nitrogen functional groups attached to an aromatic ring is 1. The second-order valence-corrected chi connectivity index (χ2v) is 2.88. The lowest BCUT2D eigenvalue weighted by Gasteiger charge is -2.06. The first-order valence-electron chi connectivity index (χ1n) is 4.58. The molecule has 0 unspecified atom stereocenters. The fraction of sp³-hybridized carbons (Fsp3) is 0.222. The van der Waals surface area contributed by atoms with Crippen LogP contribution in [-0.4, -0.2) is 16.1 Å². The zero-order valence-electron chi connectivity index (χ0n) is 9.23. The maximum atomic E-state index is 12.7. The van der Waals surface area contributed by atoms with Crippen molar-refractivity contribution in [3.05, 3.63) is 23.8 Å². The van der Waals surface area contributed by atoms with Crippen molar-refractivity contribution < 1.29 is 18.8 Å². The molecular formula is C9H11FN4O3. The summed E-state index contributed by atoms with van der Waals surface area (Å²) in [7, 11) is 0. The number of hydrogen-bond donors (Lipinski definition) is 2. The van der Waals surface area contributed by atoms with Crippen LogP contribution in [0.1, 0.15) is 13.8 Å². The van der Waals surface area contributed by atoms with Gasteiger partial charge in [-0.1, -0.05) is 0 Å². The first-order valence-corrected chi connectivity index (χ1v) is 4.58. The Kier molecular flexibility index (Phi) is 4.21. The molecule has 0 radical (unpaired) electrons. The normalized spacial score (nSPS) is 10.9. The van der Waals surface area contributed by atoms with Crippen LogP contribution < -0.4 is 16.1 Å². The quantitative estimate of drug-likeness (QED) is 0.609. The molecule has 7 nitrogen and oxygen atoms in total. The second-order valence-electron chi connectivity index (χ2n) is 2.88. The Bertz CT molecular complexity index is 450. The van der Waals surface area contributed by atoms with Gasteiger partial charge in [0.25, 0.3) is 0 Å². The Balaban J connectivity index is 2.50. The number of rotatable bonds is 3. The zero-order valence-corrected chi connectivity index (χ0v) is 9.23. The molecule has 0 spiro atoms. The van der Waals surface area contributed by atoms with Crippen LogP contribution in [0.3, 0.4) is 0 Å². The van der Waals surface area contributed by atoms with E-state index in [4.69, 9.17) is 10.5 Å². The van der Waals surface area contributed by atoms with E-state index < -0.39 is 11.9 Å². The average Bonchev–Trinajstić information content (AvgIpc) is 2.30. The third-order valence-electron chi connectivity index (χ3n) is 1.63.